The van der Waals surface area contributed by atoms with Gasteiger partial charge in [-0.15, -0.1) is 0 Å². The van der Waals surface area contributed by atoms with Crippen molar-refractivity contribution in [1.82, 2.24) is 5.32 Å². The van der Waals surface area contributed by atoms with E-state index in [1.807, 2.05) is 34.6 Å². The van der Waals surface area contributed by atoms with Crippen molar-refractivity contribution in [3.63, 3.8) is 0 Å². The standard InChI is InChI=1S/C18H33NO4/c1-7-14(20)9-10-16(22)19-17(3,4)11-12-23-18(5,6)13-15(21)8-2/h7-13H2,1-6H3,(H,19,22). The highest BCUT2D eigenvalue weighted by Crippen LogP contribution is 2.18. The predicted molar refractivity (Wildman–Crippen MR) is 91.3 cm³/mol. The fourth-order valence-corrected chi connectivity index (χ4v) is 2.17. The first-order valence-corrected chi connectivity index (χ1v) is 8.49. The van der Waals surface area contributed by atoms with Crippen molar-refractivity contribution in [3.8, 4) is 0 Å². The average molecular weight is 327 g/mol. The van der Waals surface area contributed by atoms with E-state index >= 15 is 0 Å². The van der Waals surface area contributed by atoms with Crippen molar-refractivity contribution in [2.75, 3.05) is 6.61 Å². The van der Waals surface area contributed by atoms with Gasteiger partial charge < -0.3 is 10.1 Å². The van der Waals surface area contributed by atoms with Gasteiger partial charge in [0.15, 0.2) is 0 Å². The molecule has 0 aliphatic heterocycles. The lowest BCUT2D eigenvalue weighted by atomic mass is 9.98. The molecule has 0 aliphatic rings. The molecule has 0 atom stereocenters. The fourth-order valence-electron chi connectivity index (χ4n) is 2.17. The Bertz CT molecular complexity index is 413. The first kappa shape index (κ1) is 21.8. The first-order valence-electron chi connectivity index (χ1n) is 8.49. The van der Waals surface area contributed by atoms with Crippen molar-refractivity contribution in [1.29, 1.82) is 0 Å². The number of rotatable bonds is 12. The van der Waals surface area contributed by atoms with Crippen LogP contribution in [-0.2, 0) is 19.1 Å². The molecule has 0 unspecified atom stereocenters. The number of Topliss-reactive ketones (excluding diaryl/α,β-unsaturated/α-hetero) is 2. The number of nitrogens with one attached hydrogen (secondary N) is 1. The van der Waals surface area contributed by atoms with E-state index in [1.165, 1.54) is 0 Å². The van der Waals surface area contributed by atoms with Crippen LogP contribution in [0.4, 0.5) is 0 Å². The van der Waals surface area contributed by atoms with E-state index in [-0.39, 0.29) is 23.9 Å². The summed E-state index contributed by atoms with van der Waals surface area (Å²) in [4.78, 5) is 34.6. The molecule has 5 heteroatoms. The van der Waals surface area contributed by atoms with Crippen molar-refractivity contribution in [2.45, 2.75) is 91.2 Å². The van der Waals surface area contributed by atoms with Crippen LogP contribution in [0.1, 0.15) is 80.1 Å². The lowest BCUT2D eigenvalue weighted by molar-refractivity contribution is -0.127. The van der Waals surface area contributed by atoms with E-state index in [1.54, 1.807) is 6.92 Å². The smallest absolute Gasteiger partial charge is 0.220 e. The number of carbonyl (C=O) groups excluding carboxylic acids is 3. The maximum Gasteiger partial charge on any atom is 0.220 e. The predicted octanol–water partition coefficient (Wildman–Crippen LogP) is 3.20. The van der Waals surface area contributed by atoms with Gasteiger partial charge in [-0.2, -0.15) is 0 Å². The van der Waals surface area contributed by atoms with Crippen LogP contribution in [0.15, 0.2) is 0 Å². The number of ketones is 2. The molecule has 0 radical (unpaired) electrons. The molecule has 1 N–H and O–H groups in total. The minimum Gasteiger partial charge on any atom is -0.375 e. The lowest BCUT2D eigenvalue weighted by Gasteiger charge is -2.30. The number of hydrogen-bond acceptors (Lipinski definition) is 4. The summed E-state index contributed by atoms with van der Waals surface area (Å²) >= 11 is 0. The van der Waals surface area contributed by atoms with Gasteiger partial charge in [0.1, 0.15) is 11.6 Å². The third-order valence-electron chi connectivity index (χ3n) is 3.74. The second-order valence-corrected chi connectivity index (χ2v) is 7.25. The second-order valence-electron chi connectivity index (χ2n) is 7.25. The quantitative estimate of drug-likeness (QED) is 0.597. The van der Waals surface area contributed by atoms with Gasteiger partial charge in [-0.3, -0.25) is 14.4 Å². The van der Waals surface area contributed by atoms with Crippen LogP contribution in [0, 0.1) is 0 Å². The Kier molecular flexibility index (Phi) is 9.28. The highest BCUT2D eigenvalue weighted by molar-refractivity contribution is 5.85. The van der Waals surface area contributed by atoms with E-state index in [0.717, 1.165) is 0 Å². The molecule has 1 amide bonds. The highest BCUT2D eigenvalue weighted by Gasteiger charge is 2.25. The molecule has 0 spiro atoms. The summed E-state index contributed by atoms with van der Waals surface area (Å²) in [6.45, 7) is 11.8. The Labute approximate surface area is 140 Å². The normalized spacial score (nSPS) is 12.1. The molecule has 0 saturated carbocycles. The van der Waals surface area contributed by atoms with Gasteiger partial charge in [0, 0.05) is 44.2 Å². The van der Waals surface area contributed by atoms with Crippen LogP contribution in [0.5, 0.6) is 0 Å². The highest BCUT2D eigenvalue weighted by atomic mass is 16.5. The third-order valence-corrected chi connectivity index (χ3v) is 3.74. The molecule has 0 aromatic heterocycles. The minimum atomic E-state index is -0.485. The molecular formula is C18H33NO4. The second kappa shape index (κ2) is 9.81. The Morgan fingerprint density at radius 2 is 1.48 bits per heavy atom. The molecule has 0 fully saturated rings. The Morgan fingerprint density at radius 1 is 0.913 bits per heavy atom. The summed E-state index contributed by atoms with van der Waals surface area (Å²) in [6.07, 6.45) is 2.55. The van der Waals surface area contributed by atoms with Crippen LogP contribution in [0.25, 0.3) is 0 Å². The molecule has 0 heterocycles. The summed E-state index contributed by atoms with van der Waals surface area (Å²) in [5, 5.41) is 2.94. The monoisotopic (exact) mass is 327 g/mol. The minimum absolute atomic E-state index is 0.101. The van der Waals surface area contributed by atoms with Gasteiger partial charge in [0.2, 0.25) is 5.91 Å². The SMILES string of the molecule is CCC(=O)CCC(=O)NC(C)(C)CCOC(C)(C)CC(=O)CC. The van der Waals surface area contributed by atoms with Crippen molar-refractivity contribution < 1.29 is 19.1 Å². The van der Waals surface area contributed by atoms with Gasteiger partial charge in [0.25, 0.3) is 0 Å². The number of ether oxygens (including phenoxy) is 1. The summed E-state index contributed by atoms with van der Waals surface area (Å²) in [7, 11) is 0. The fraction of sp³-hybridized carbons (Fsp3) is 0.833. The maximum atomic E-state index is 11.9. The molecule has 0 aromatic carbocycles. The largest absolute Gasteiger partial charge is 0.375 e. The average Bonchev–Trinajstić information content (AvgIpc) is 2.42. The van der Waals surface area contributed by atoms with Crippen LogP contribution in [-0.4, -0.2) is 35.2 Å². The van der Waals surface area contributed by atoms with Crippen LogP contribution in [0.3, 0.4) is 0 Å². The van der Waals surface area contributed by atoms with Crippen molar-refractivity contribution in [2.24, 2.45) is 0 Å². The lowest BCUT2D eigenvalue weighted by Crippen LogP contribution is -2.44. The van der Waals surface area contributed by atoms with E-state index in [9.17, 15) is 14.4 Å². The van der Waals surface area contributed by atoms with Crippen LogP contribution >= 0.6 is 0 Å². The third kappa shape index (κ3) is 11.0. The molecular weight excluding hydrogens is 294 g/mol. The van der Waals surface area contributed by atoms with Gasteiger partial charge in [-0.25, -0.2) is 0 Å². The summed E-state index contributed by atoms with van der Waals surface area (Å²) < 4.78 is 5.81. The van der Waals surface area contributed by atoms with Crippen molar-refractivity contribution in [3.05, 3.63) is 0 Å². The molecule has 0 aromatic rings. The summed E-state index contributed by atoms with van der Waals surface area (Å²) in [5.74, 6) is 0.170. The molecule has 5 nitrogen and oxygen atoms in total. The van der Waals surface area contributed by atoms with Crippen LogP contribution in [0.2, 0.25) is 0 Å². The molecule has 0 aliphatic carbocycles. The van der Waals surface area contributed by atoms with Crippen molar-refractivity contribution >= 4 is 17.5 Å². The molecule has 134 valence electrons. The first-order chi connectivity index (χ1) is 10.5. The van der Waals surface area contributed by atoms with E-state index in [2.05, 4.69) is 5.32 Å². The zero-order chi connectivity index (χ0) is 18.1. The Morgan fingerprint density at radius 3 is 2.00 bits per heavy atom. The Balaban J connectivity index is 4.19. The van der Waals surface area contributed by atoms with E-state index in [0.29, 0.717) is 38.7 Å². The zero-order valence-electron chi connectivity index (χ0n) is 15.6. The molecule has 0 bridgehead atoms. The van der Waals surface area contributed by atoms with Gasteiger partial charge in [-0.1, -0.05) is 13.8 Å². The number of amides is 1. The summed E-state index contributed by atoms with van der Waals surface area (Å²) in [6, 6.07) is 0. The van der Waals surface area contributed by atoms with Crippen LogP contribution < -0.4 is 5.32 Å². The summed E-state index contributed by atoms with van der Waals surface area (Å²) in [5.41, 5.74) is -0.891. The number of carbonyl (C=O) groups is 3. The molecule has 0 rings (SSSR count). The molecule has 23 heavy (non-hydrogen) atoms. The van der Waals surface area contributed by atoms with Gasteiger partial charge in [0.05, 0.1) is 5.60 Å². The van der Waals surface area contributed by atoms with E-state index in [4.69, 9.17) is 4.74 Å². The zero-order valence-corrected chi connectivity index (χ0v) is 15.6. The maximum absolute atomic E-state index is 11.9. The van der Waals surface area contributed by atoms with Gasteiger partial charge >= 0.3 is 0 Å². The Hall–Kier alpha value is -1.23. The topological polar surface area (TPSA) is 72.5 Å². The molecule has 0 saturated heterocycles. The van der Waals surface area contributed by atoms with Gasteiger partial charge in [-0.05, 0) is 34.1 Å². The number of hydrogen-bond donors (Lipinski definition) is 1. The van der Waals surface area contributed by atoms with E-state index < -0.39 is 11.1 Å².